The molecule has 0 spiro atoms. The van der Waals surface area contributed by atoms with Crippen LogP contribution in [0.5, 0.6) is 0 Å². The molecule has 3 rings (SSSR count). The summed E-state index contributed by atoms with van der Waals surface area (Å²) in [5, 5.41) is 0. The number of anilines is 1. The van der Waals surface area contributed by atoms with E-state index in [0.29, 0.717) is 11.3 Å². The average molecular weight is 395 g/mol. The summed E-state index contributed by atoms with van der Waals surface area (Å²) in [7, 11) is 0. The van der Waals surface area contributed by atoms with Gasteiger partial charge >= 0.3 is 0 Å². The van der Waals surface area contributed by atoms with Gasteiger partial charge in [-0.25, -0.2) is 14.7 Å². The lowest BCUT2D eigenvalue weighted by atomic mass is 9.99. The van der Waals surface area contributed by atoms with Crippen LogP contribution in [0.2, 0.25) is 0 Å². The first-order chi connectivity index (χ1) is 13.8. The zero-order chi connectivity index (χ0) is 21.0. The predicted octanol–water partition coefficient (Wildman–Crippen LogP) is 4.42. The van der Waals surface area contributed by atoms with Crippen LogP contribution in [0.1, 0.15) is 44.9 Å². The zero-order valence-corrected chi connectivity index (χ0v) is 17.0. The molecule has 2 amide bonds. The summed E-state index contributed by atoms with van der Waals surface area (Å²) in [6, 6.07) is 16.9. The Kier molecular flexibility index (Phi) is 6.27. The highest BCUT2D eigenvalue weighted by atomic mass is 17.2. The van der Waals surface area contributed by atoms with Gasteiger partial charge in [-0.05, 0) is 51.0 Å². The topological polar surface area (TPSA) is 65.1 Å². The Morgan fingerprint density at radius 1 is 1.00 bits per heavy atom. The first-order valence-corrected chi connectivity index (χ1v) is 9.44. The molecule has 29 heavy (non-hydrogen) atoms. The van der Waals surface area contributed by atoms with Gasteiger partial charge in [0.25, 0.3) is 11.8 Å². The van der Waals surface area contributed by atoms with Crippen molar-refractivity contribution < 1.29 is 24.1 Å². The highest BCUT2D eigenvalue weighted by Crippen LogP contribution is 2.27. The van der Waals surface area contributed by atoms with Crippen LogP contribution in [0.4, 0.5) is 5.69 Å². The second-order valence-electron chi connectivity index (χ2n) is 7.40. The van der Waals surface area contributed by atoms with Gasteiger partial charge in [-0.1, -0.05) is 42.5 Å². The maximum atomic E-state index is 12.1. The summed E-state index contributed by atoms with van der Waals surface area (Å²) in [5.74, 6) is -0.616. The zero-order valence-electron chi connectivity index (χ0n) is 17.0. The lowest BCUT2D eigenvalue weighted by molar-refractivity contribution is -0.393. The minimum absolute atomic E-state index is 0.0363. The molecule has 6 heteroatoms. The molecule has 0 saturated carbocycles. The SMILES string of the molecule is CC1=CC(=O)N(c2ccc(C(C)OCOOC(C)(C)c3ccccc3)cc2)C1=O. The van der Waals surface area contributed by atoms with Crippen molar-refractivity contribution in [3.63, 3.8) is 0 Å². The Balaban J connectivity index is 1.51. The first kappa shape index (κ1) is 20.9. The summed E-state index contributed by atoms with van der Waals surface area (Å²) in [5.41, 5.74) is 2.26. The van der Waals surface area contributed by atoms with E-state index in [1.54, 1.807) is 19.1 Å². The Bertz CT molecular complexity index is 903. The van der Waals surface area contributed by atoms with Crippen LogP contribution < -0.4 is 4.90 Å². The van der Waals surface area contributed by atoms with Crippen molar-refractivity contribution in [2.75, 3.05) is 11.7 Å². The lowest BCUT2D eigenvalue weighted by Crippen LogP contribution is -2.30. The Morgan fingerprint density at radius 3 is 2.24 bits per heavy atom. The third-order valence-electron chi connectivity index (χ3n) is 4.82. The lowest BCUT2D eigenvalue weighted by Gasteiger charge is -2.24. The number of benzene rings is 2. The fourth-order valence-electron chi connectivity index (χ4n) is 3.01. The molecule has 2 aromatic carbocycles. The minimum atomic E-state index is -0.601. The molecule has 1 aliphatic rings. The summed E-state index contributed by atoms with van der Waals surface area (Å²) in [6.45, 7) is 7.32. The van der Waals surface area contributed by atoms with Gasteiger partial charge < -0.3 is 4.74 Å². The fourth-order valence-corrected chi connectivity index (χ4v) is 3.01. The number of rotatable bonds is 8. The van der Waals surface area contributed by atoms with Crippen molar-refractivity contribution in [1.82, 2.24) is 0 Å². The summed E-state index contributed by atoms with van der Waals surface area (Å²) in [4.78, 5) is 36.0. The number of nitrogens with zero attached hydrogens (tertiary/aromatic N) is 1. The molecule has 0 radical (unpaired) electrons. The van der Waals surface area contributed by atoms with Gasteiger partial charge in [0.1, 0.15) is 5.60 Å². The van der Waals surface area contributed by atoms with E-state index in [0.717, 1.165) is 16.0 Å². The molecular weight excluding hydrogens is 370 g/mol. The number of amides is 2. The molecule has 0 bridgehead atoms. The largest absolute Gasteiger partial charge is 0.345 e. The van der Waals surface area contributed by atoms with Crippen molar-refractivity contribution >= 4 is 17.5 Å². The van der Waals surface area contributed by atoms with E-state index < -0.39 is 5.60 Å². The van der Waals surface area contributed by atoms with E-state index in [4.69, 9.17) is 14.5 Å². The molecule has 1 heterocycles. The van der Waals surface area contributed by atoms with Gasteiger partial charge in [0, 0.05) is 11.6 Å². The van der Waals surface area contributed by atoms with Crippen molar-refractivity contribution in [2.45, 2.75) is 39.4 Å². The first-order valence-electron chi connectivity index (χ1n) is 9.44. The number of hydrogen-bond donors (Lipinski definition) is 0. The molecule has 0 fully saturated rings. The van der Waals surface area contributed by atoms with E-state index in [9.17, 15) is 9.59 Å². The van der Waals surface area contributed by atoms with Crippen LogP contribution in [0.25, 0.3) is 0 Å². The van der Waals surface area contributed by atoms with Gasteiger partial charge in [-0.2, -0.15) is 0 Å². The molecule has 6 nitrogen and oxygen atoms in total. The second kappa shape index (κ2) is 8.69. The average Bonchev–Trinajstić information content (AvgIpc) is 2.97. The molecule has 0 saturated heterocycles. The van der Waals surface area contributed by atoms with Crippen molar-refractivity contribution in [1.29, 1.82) is 0 Å². The quantitative estimate of drug-likeness (QED) is 0.218. The number of imide groups is 1. The van der Waals surface area contributed by atoms with Crippen LogP contribution in [-0.4, -0.2) is 18.6 Å². The van der Waals surface area contributed by atoms with Crippen molar-refractivity contribution in [2.24, 2.45) is 0 Å². The Morgan fingerprint density at radius 2 is 1.66 bits per heavy atom. The third kappa shape index (κ3) is 4.79. The van der Waals surface area contributed by atoms with E-state index in [-0.39, 0.29) is 24.7 Å². The molecule has 1 unspecified atom stereocenters. The number of carbonyl (C=O) groups is 2. The van der Waals surface area contributed by atoms with Crippen molar-refractivity contribution in [3.05, 3.63) is 77.4 Å². The van der Waals surface area contributed by atoms with Gasteiger partial charge in [-0.15, -0.1) is 0 Å². The van der Waals surface area contributed by atoms with E-state index in [2.05, 4.69) is 0 Å². The second-order valence-corrected chi connectivity index (χ2v) is 7.40. The van der Waals surface area contributed by atoms with Crippen LogP contribution in [0.3, 0.4) is 0 Å². The van der Waals surface area contributed by atoms with Gasteiger partial charge in [0.2, 0.25) is 0 Å². The standard InChI is InChI=1S/C23H25NO5/c1-16-14-21(25)24(22(16)26)20-12-10-18(11-13-20)17(2)27-15-28-29-23(3,4)19-8-6-5-7-9-19/h5-14,17H,15H2,1-4H3. The van der Waals surface area contributed by atoms with Crippen molar-refractivity contribution in [3.8, 4) is 0 Å². The predicted molar refractivity (Wildman–Crippen MR) is 109 cm³/mol. The van der Waals surface area contributed by atoms with Gasteiger partial charge in [-0.3, -0.25) is 9.59 Å². The van der Waals surface area contributed by atoms with Crippen LogP contribution in [0.15, 0.2) is 66.2 Å². The third-order valence-corrected chi connectivity index (χ3v) is 4.82. The molecular formula is C23H25NO5. The number of ether oxygens (including phenoxy) is 1. The molecule has 0 aromatic heterocycles. The monoisotopic (exact) mass is 395 g/mol. The van der Waals surface area contributed by atoms with E-state index >= 15 is 0 Å². The fraction of sp³-hybridized carbons (Fsp3) is 0.304. The van der Waals surface area contributed by atoms with Crippen LogP contribution >= 0.6 is 0 Å². The normalized spacial score (nSPS) is 15.6. The maximum Gasteiger partial charge on any atom is 0.261 e. The van der Waals surface area contributed by atoms with Crippen LogP contribution in [-0.2, 0) is 29.7 Å². The van der Waals surface area contributed by atoms with E-state index in [1.807, 2.05) is 63.2 Å². The smallest absolute Gasteiger partial charge is 0.261 e. The summed E-state index contributed by atoms with van der Waals surface area (Å²) < 4.78 is 5.68. The van der Waals surface area contributed by atoms with Gasteiger partial charge in [0.05, 0.1) is 11.8 Å². The molecule has 1 atom stereocenters. The van der Waals surface area contributed by atoms with Crippen LogP contribution in [0, 0.1) is 0 Å². The summed E-state index contributed by atoms with van der Waals surface area (Å²) in [6.07, 6.45) is 1.09. The van der Waals surface area contributed by atoms with E-state index in [1.165, 1.54) is 6.08 Å². The molecule has 2 aromatic rings. The Hall–Kier alpha value is -2.80. The highest BCUT2D eigenvalue weighted by molar-refractivity contribution is 6.30. The molecule has 152 valence electrons. The minimum Gasteiger partial charge on any atom is -0.345 e. The molecule has 0 aliphatic carbocycles. The maximum absolute atomic E-state index is 12.1. The molecule has 1 aliphatic heterocycles. The highest BCUT2D eigenvalue weighted by Gasteiger charge is 2.29. The number of carbonyl (C=O) groups excluding carboxylic acids is 2. The Labute approximate surface area is 170 Å². The molecule has 0 N–H and O–H groups in total. The summed E-state index contributed by atoms with van der Waals surface area (Å²) >= 11 is 0. The number of hydrogen-bond acceptors (Lipinski definition) is 5. The van der Waals surface area contributed by atoms with Gasteiger partial charge in [0.15, 0.2) is 6.79 Å².